The summed E-state index contributed by atoms with van der Waals surface area (Å²) < 4.78 is 39.1. The third kappa shape index (κ3) is 5.35. The molecule has 0 saturated heterocycles. The third-order valence-electron chi connectivity index (χ3n) is 4.86. The lowest BCUT2D eigenvalue weighted by molar-refractivity contribution is -0.0328. The smallest absolute Gasteiger partial charge is 0.306 e. The van der Waals surface area contributed by atoms with E-state index >= 15 is 0 Å². The van der Waals surface area contributed by atoms with Crippen LogP contribution in [0.15, 0.2) is 70.9 Å². The number of alkyl halides is 3. The molecule has 11 heteroatoms. The van der Waals surface area contributed by atoms with Gasteiger partial charge in [0.2, 0.25) is 0 Å². The Bertz CT molecular complexity index is 1230. The van der Waals surface area contributed by atoms with Crippen LogP contribution in [-0.2, 0) is 0 Å². The predicted octanol–water partition coefficient (Wildman–Crippen LogP) is 5.17. The summed E-state index contributed by atoms with van der Waals surface area (Å²) in [5.41, 5.74) is -1.17. The van der Waals surface area contributed by atoms with Crippen molar-refractivity contribution < 1.29 is 18.0 Å². The molecule has 0 spiro atoms. The largest absolute Gasteiger partial charge is 0.446 e. The van der Waals surface area contributed by atoms with Crippen molar-refractivity contribution in [3.63, 3.8) is 0 Å². The number of halogens is 3. The first kappa shape index (κ1) is 22.4. The summed E-state index contributed by atoms with van der Waals surface area (Å²) in [6.07, 6.45) is 3.03. The fourth-order valence-electron chi connectivity index (χ4n) is 3.29. The van der Waals surface area contributed by atoms with Crippen molar-refractivity contribution in [2.45, 2.75) is 23.4 Å². The first-order chi connectivity index (χ1) is 15.7. The second kappa shape index (κ2) is 8.99. The molecule has 2 heterocycles. The van der Waals surface area contributed by atoms with Crippen molar-refractivity contribution >= 4 is 29.2 Å². The number of nitriles is 1. The Morgan fingerprint density at radius 3 is 2.48 bits per heavy atom. The SMILES string of the molecule is Cc1ccc(C2=NN(C(=O)Nc3ccc(SC(F)(F)F)cc3)CC2n2cc(C#N)cn2)cc1. The highest BCUT2D eigenvalue weighted by Crippen LogP contribution is 2.37. The van der Waals surface area contributed by atoms with Crippen molar-refractivity contribution in [2.24, 2.45) is 5.10 Å². The molecule has 0 saturated carbocycles. The summed E-state index contributed by atoms with van der Waals surface area (Å²) in [5.74, 6) is 0. The molecule has 1 aromatic heterocycles. The Morgan fingerprint density at radius 1 is 1.18 bits per heavy atom. The van der Waals surface area contributed by atoms with Crippen LogP contribution in [0.4, 0.5) is 23.7 Å². The summed E-state index contributed by atoms with van der Waals surface area (Å²) >= 11 is -0.223. The summed E-state index contributed by atoms with van der Waals surface area (Å²) in [4.78, 5) is 12.9. The van der Waals surface area contributed by atoms with Crippen LogP contribution in [0.5, 0.6) is 0 Å². The van der Waals surface area contributed by atoms with E-state index in [0.29, 0.717) is 17.0 Å². The zero-order valence-corrected chi connectivity index (χ0v) is 18.1. The van der Waals surface area contributed by atoms with Crippen LogP contribution in [0.2, 0.25) is 0 Å². The maximum atomic E-state index is 12.8. The molecule has 33 heavy (non-hydrogen) atoms. The van der Waals surface area contributed by atoms with Crippen LogP contribution >= 0.6 is 11.8 Å². The first-order valence-electron chi connectivity index (χ1n) is 9.76. The number of anilines is 1. The molecule has 0 bridgehead atoms. The number of urea groups is 1. The molecule has 0 fully saturated rings. The fourth-order valence-corrected chi connectivity index (χ4v) is 3.83. The number of carbonyl (C=O) groups is 1. The van der Waals surface area contributed by atoms with E-state index < -0.39 is 17.6 Å². The van der Waals surface area contributed by atoms with Crippen LogP contribution in [0, 0.1) is 18.3 Å². The van der Waals surface area contributed by atoms with Crippen molar-refractivity contribution in [3.8, 4) is 6.07 Å². The summed E-state index contributed by atoms with van der Waals surface area (Å²) in [7, 11) is 0. The molecule has 0 aliphatic carbocycles. The van der Waals surface area contributed by atoms with E-state index in [1.165, 1.54) is 35.5 Å². The quantitative estimate of drug-likeness (QED) is 0.533. The number of benzene rings is 2. The molecular weight excluding hydrogens is 453 g/mol. The molecule has 3 aromatic rings. The number of carbonyl (C=O) groups excluding carboxylic acids is 1. The van der Waals surface area contributed by atoms with Crippen LogP contribution in [-0.4, -0.2) is 38.6 Å². The van der Waals surface area contributed by atoms with Gasteiger partial charge in [-0.15, -0.1) is 0 Å². The molecule has 1 atom stereocenters. The Kier molecular flexibility index (Phi) is 6.11. The average Bonchev–Trinajstić information content (AvgIpc) is 3.42. The minimum absolute atomic E-state index is 0.0217. The lowest BCUT2D eigenvalue weighted by atomic mass is 10.0. The van der Waals surface area contributed by atoms with Crippen LogP contribution in [0.1, 0.15) is 22.7 Å². The van der Waals surface area contributed by atoms with E-state index in [2.05, 4.69) is 15.5 Å². The number of hydrogen-bond acceptors (Lipinski definition) is 5. The average molecular weight is 470 g/mol. The fraction of sp³-hybridized carbons (Fsp3) is 0.182. The molecule has 4 rings (SSSR count). The molecule has 7 nitrogen and oxygen atoms in total. The Balaban J connectivity index is 1.55. The molecule has 1 aliphatic heterocycles. The molecule has 1 unspecified atom stereocenters. The molecule has 2 aromatic carbocycles. The normalized spacial score (nSPS) is 15.8. The minimum Gasteiger partial charge on any atom is -0.306 e. The van der Waals surface area contributed by atoms with E-state index in [4.69, 9.17) is 5.26 Å². The zero-order chi connectivity index (χ0) is 23.6. The number of aryl methyl sites for hydroxylation is 1. The number of thioether (sulfide) groups is 1. The van der Waals surface area contributed by atoms with E-state index in [1.807, 2.05) is 37.3 Å². The number of hydrazone groups is 1. The van der Waals surface area contributed by atoms with Gasteiger partial charge in [0.05, 0.1) is 24.0 Å². The van der Waals surface area contributed by atoms with Gasteiger partial charge in [-0.05, 0) is 43.0 Å². The summed E-state index contributed by atoms with van der Waals surface area (Å²) in [6.45, 7) is 2.13. The number of aromatic nitrogens is 2. The van der Waals surface area contributed by atoms with Gasteiger partial charge in [0.1, 0.15) is 12.1 Å². The Morgan fingerprint density at radius 2 is 1.88 bits per heavy atom. The highest BCUT2D eigenvalue weighted by atomic mass is 32.2. The van der Waals surface area contributed by atoms with Crippen molar-refractivity contribution in [2.75, 3.05) is 11.9 Å². The van der Waals surface area contributed by atoms with Gasteiger partial charge in [-0.2, -0.15) is 28.6 Å². The number of rotatable bonds is 4. The van der Waals surface area contributed by atoms with Crippen molar-refractivity contribution in [1.82, 2.24) is 14.8 Å². The van der Waals surface area contributed by atoms with Crippen LogP contribution < -0.4 is 5.32 Å². The van der Waals surface area contributed by atoms with Crippen LogP contribution in [0.3, 0.4) is 0 Å². The molecule has 168 valence electrons. The number of nitrogens with one attached hydrogen (secondary N) is 1. The molecule has 1 N–H and O–H groups in total. The molecular formula is C22H17F3N6OS. The van der Waals surface area contributed by atoms with E-state index in [0.717, 1.165) is 11.1 Å². The van der Waals surface area contributed by atoms with E-state index in [1.54, 1.807) is 10.9 Å². The summed E-state index contributed by atoms with van der Waals surface area (Å²) in [6, 6.07) is 14.1. The molecule has 2 amide bonds. The van der Waals surface area contributed by atoms with Gasteiger partial charge in [0, 0.05) is 22.3 Å². The topological polar surface area (TPSA) is 86.3 Å². The van der Waals surface area contributed by atoms with E-state index in [9.17, 15) is 18.0 Å². The van der Waals surface area contributed by atoms with Gasteiger partial charge in [-0.25, -0.2) is 9.80 Å². The van der Waals surface area contributed by atoms with Gasteiger partial charge >= 0.3 is 11.5 Å². The molecule has 1 aliphatic rings. The summed E-state index contributed by atoms with van der Waals surface area (Å²) in [5, 5.41) is 21.7. The highest BCUT2D eigenvalue weighted by Gasteiger charge is 2.33. The van der Waals surface area contributed by atoms with Crippen LogP contribution in [0.25, 0.3) is 0 Å². The van der Waals surface area contributed by atoms with Gasteiger partial charge in [-0.3, -0.25) is 4.68 Å². The number of amides is 2. The van der Waals surface area contributed by atoms with Gasteiger partial charge in [0.15, 0.2) is 0 Å². The van der Waals surface area contributed by atoms with Crippen molar-refractivity contribution in [1.29, 1.82) is 5.26 Å². The van der Waals surface area contributed by atoms with Gasteiger partial charge < -0.3 is 5.32 Å². The second-order valence-corrected chi connectivity index (χ2v) is 8.41. The maximum Gasteiger partial charge on any atom is 0.446 e. The highest BCUT2D eigenvalue weighted by molar-refractivity contribution is 8.00. The zero-order valence-electron chi connectivity index (χ0n) is 17.2. The van der Waals surface area contributed by atoms with Gasteiger partial charge in [0.25, 0.3) is 0 Å². The number of nitrogens with zero attached hydrogens (tertiary/aromatic N) is 5. The maximum absolute atomic E-state index is 12.8. The second-order valence-electron chi connectivity index (χ2n) is 7.27. The number of hydrogen-bond donors (Lipinski definition) is 1. The lowest BCUT2D eigenvalue weighted by Crippen LogP contribution is -2.31. The first-order valence-corrected chi connectivity index (χ1v) is 10.6. The molecule has 0 radical (unpaired) electrons. The monoisotopic (exact) mass is 470 g/mol. The third-order valence-corrected chi connectivity index (χ3v) is 5.60. The lowest BCUT2D eigenvalue weighted by Gasteiger charge is -2.16. The van der Waals surface area contributed by atoms with Gasteiger partial charge in [-0.1, -0.05) is 29.8 Å². The predicted molar refractivity (Wildman–Crippen MR) is 118 cm³/mol. The van der Waals surface area contributed by atoms with Crippen molar-refractivity contribution in [3.05, 3.63) is 77.6 Å². The van der Waals surface area contributed by atoms with E-state index in [-0.39, 0.29) is 23.2 Å². The Labute approximate surface area is 191 Å². The minimum atomic E-state index is -4.38. The standard InChI is InChI=1S/C22H17F3N6OS/c1-14-2-4-16(5-3-14)20-19(30-12-15(10-26)11-27-30)13-31(29-20)21(32)28-17-6-8-18(9-7-17)33-22(23,24)25/h2-9,11-12,19H,13H2,1H3,(H,28,32). The Hall–Kier alpha value is -3.78.